The lowest BCUT2D eigenvalue weighted by Gasteiger charge is -2.32. The monoisotopic (exact) mass is 366 g/mol. The highest BCUT2D eigenvalue weighted by Gasteiger charge is 2.56. The largest absolute Gasteiger partial charge is 0.466 e. The van der Waals surface area contributed by atoms with Gasteiger partial charge in [0.15, 0.2) is 0 Å². The van der Waals surface area contributed by atoms with E-state index < -0.39 is 23.8 Å². The fraction of sp³-hybridized carbons (Fsp3) is 0.737. The number of rotatable bonds is 8. The van der Waals surface area contributed by atoms with Crippen LogP contribution in [0.5, 0.6) is 0 Å². The summed E-state index contributed by atoms with van der Waals surface area (Å²) in [5, 5.41) is 12.3. The molecule has 0 aromatic rings. The number of hydrogen-bond donors (Lipinski definition) is 2. The van der Waals surface area contributed by atoms with Gasteiger partial charge in [-0.15, -0.1) is 0 Å². The molecule has 0 saturated carbocycles. The van der Waals surface area contributed by atoms with Crippen LogP contribution in [0.1, 0.15) is 33.6 Å². The van der Waals surface area contributed by atoms with Gasteiger partial charge >= 0.3 is 5.97 Å². The normalized spacial score (nSPS) is 30.2. The lowest BCUT2D eigenvalue weighted by atomic mass is 9.70. The SMILES string of the molecule is CCCCNC(=O)[C@@H]1[C@H]2C=C[C@@H](C)[C@@H](C(=O)OCC)[C@@H]2C(=O)N1CCO. The molecule has 1 saturated heterocycles. The zero-order valence-corrected chi connectivity index (χ0v) is 15.8. The molecule has 0 aromatic heterocycles. The second-order valence-electron chi connectivity index (χ2n) is 6.97. The number of nitrogens with zero attached hydrogens (tertiary/aromatic N) is 1. The van der Waals surface area contributed by atoms with Gasteiger partial charge in [-0.05, 0) is 19.3 Å². The fourth-order valence-corrected chi connectivity index (χ4v) is 4.03. The molecule has 146 valence electrons. The van der Waals surface area contributed by atoms with Gasteiger partial charge in [0.05, 0.1) is 25.0 Å². The lowest BCUT2D eigenvalue weighted by Crippen LogP contribution is -2.48. The first-order valence-electron chi connectivity index (χ1n) is 9.51. The third kappa shape index (κ3) is 3.92. The number of nitrogens with one attached hydrogen (secondary N) is 1. The van der Waals surface area contributed by atoms with E-state index in [9.17, 15) is 19.5 Å². The van der Waals surface area contributed by atoms with Crippen LogP contribution < -0.4 is 5.32 Å². The molecule has 0 aromatic carbocycles. The molecule has 1 aliphatic carbocycles. The summed E-state index contributed by atoms with van der Waals surface area (Å²) in [6.07, 6.45) is 5.59. The number of likely N-dealkylation sites (tertiary alicyclic amines) is 1. The van der Waals surface area contributed by atoms with Gasteiger partial charge in [-0.3, -0.25) is 14.4 Å². The van der Waals surface area contributed by atoms with E-state index in [1.165, 1.54) is 4.90 Å². The number of hydrogen-bond acceptors (Lipinski definition) is 5. The third-order valence-corrected chi connectivity index (χ3v) is 5.27. The minimum atomic E-state index is -0.697. The average molecular weight is 366 g/mol. The van der Waals surface area contributed by atoms with E-state index in [0.717, 1.165) is 12.8 Å². The Morgan fingerprint density at radius 1 is 1.31 bits per heavy atom. The summed E-state index contributed by atoms with van der Waals surface area (Å²) in [6.45, 7) is 6.30. The van der Waals surface area contributed by atoms with Gasteiger partial charge in [-0.2, -0.15) is 0 Å². The van der Waals surface area contributed by atoms with Crippen molar-refractivity contribution in [2.75, 3.05) is 26.3 Å². The van der Waals surface area contributed by atoms with Gasteiger partial charge in [-0.25, -0.2) is 0 Å². The molecule has 0 spiro atoms. The molecule has 2 rings (SSSR count). The Bertz CT molecular complexity index is 562. The Morgan fingerprint density at radius 2 is 2.04 bits per heavy atom. The van der Waals surface area contributed by atoms with Gasteiger partial charge in [0.1, 0.15) is 6.04 Å². The molecule has 2 amide bonds. The van der Waals surface area contributed by atoms with Crippen LogP contribution in [-0.4, -0.2) is 60.1 Å². The molecule has 26 heavy (non-hydrogen) atoms. The zero-order valence-electron chi connectivity index (χ0n) is 15.8. The van der Waals surface area contributed by atoms with E-state index in [1.807, 2.05) is 26.0 Å². The summed E-state index contributed by atoms with van der Waals surface area (Å²) >= 11 is 0. The first kappa shape index (κ1) is 20.4. The Hall–Kier alpha value is -1.89. The smallest absolute Gasteiger partial charge is 0.310 e. The topological polar surface area (TPSA) is 95.9 Å². The molecular formula is C19H30N2O5. The maximum absolute atomic E-state index is 13.0. The highest BCUT2D eigenvalue weighted by molar-refractivity contribution is 5.96. The predicted octanol–water partition coefficient (Wildman–Crippen LogP) is 0.723. The van der Waals surface area contributed by atoms with Crippen LogP contribution in [0.2, 0.25) is 0 Å². The lowest BCUT2D eigenvalue weighted by molar-refractivity contribution is -0.155. The molecule has 1 aliphatic heterocycles. The summed E-state index contributed by atoms with van der Waals surface area (Å²) in [6, 6.07) is -0.697. The van der Waals surface area contributed by atoms with Gasteiger partial charge in [0.25, 0.3) is 0 Å². The quantitative estimate of drug-likeness (QED) is 0.375. The Kier molecular flexibility index (Phi) is 7.20. The molecular weight excluding hydrogens is 336 g/mol. The number of aliphatic hydroxyl groups is 1. The van der Waals surface area contributed by atoms with Crippen molar-refractivity contribution in [3.8, 4) is 0 Å². The number of amides is 2. The van der Waals surface area contributed by atoms with E-state index >= 15 is 0 Å². The zero-order chi connectivity index (χ0) is 19.3. The van der Waals surface area contributed by atoms with Crippen molar-refractivity contribution in [1.29, 1.82) is 0 Å². The van der Waals surface area contributed by atoms with Gasteiger partial charge in [-0.1, -0.05) is 32.4 Å². The number of esters is 1. The molecule has 2 aliphatic rings. The van der Waals surface area contributed by atoms with Crippen molar-refractivity contribution >= 4 is 17.8 Å². The Balaban J connectivity index is 2.31. The number of unbranched alkanes of at least 4 members (excludes halogenated alkanes) is 1. The molecule has 2 N–H and O–H groups in total. The predicted molar refractivity (Wildman–Crippen MR) is 95.9 cm³/mol. The molecule has 7 heteroatoms. The fourth-order valence-electron chi connectivity index (χ4n) is 4.03. The van der Waals surface area contributed by atoms with Crippen LogP contribution in [-0.2, 0) is 19.1 Å². The van der Waals surface area contributed by atoms with Gasteiger partial charge < -0.3 is 20.1 Å². The van der Waals surface area contributed by atoms with E-state index in [1.54, 1.807) is 6.92 Å². The number of carbonyl (C=O) groups excluding carboxylic acids is 3. The summed E-state index contributed by atoms with van der Waals surface area (Å²) in [4.78, 5) is 39.7. The summed E-state index contributed by atoms with van der Waals surface area (Å²) in [5.74, 6) is -2.64. The number of β-amino-alcohol motifs (C(OH)–C–C–N with tert-alkyl or cyclic N) is 1. The average Bonchev–Trinajstić information content (AvgIpc) is 2.88. The maximum atomic E-state index is 13.0. The second kappa shape index (κ2) is 9.16. The molecule has 0 radical (unpaired) electrons. The molecule has 0 unspecified atom stereocenters. The number of allylic oxidation sites excluding steroid dienone is 1. The highest BCUT2D eigenvalue weighted by atomic mass is 16.5. The maximum Gasteiger partial charge on any atom is 0.310 e. The van der Waals surface area contributed by atoms with E-state index in [2.05, 4.69) is 5.32 Å². The second-order valence-corrected chi connectivity index (χ2v) is 6.97. The standard InChI is InChI=1S/C19H30N2O5/c1-4-6-9-20-17(23)16-13-8-7-12(3)14(19(25)26-5-2)15(13)18(24)21(16)10-11-22/h7-8,12-16,22H,4-6,9-11H2,1-3H3,(H,20,23)/t12-,13+,14-,15-,16+/m1/s1. The van der Waals surface area contributed by atoms with E-state index in [0.29, 0.717) is 6.54 Å². The first-order chi connectivity index (χ1) is 12.5. The minimum absolute atomic E-state index is 0.0788. The van der Waals surface area contributed by atoms with Crippen LogP contribution >= 0.6 is 0 Å². The van der Waals surface area contributed by atoms with Crippen LogP contribution in [0.3, 0.4) is 0 Å². The summed E-state index contributed by atoms with van der Waals surface area (Å²) in [5.41, 5.74) is 0. The van der Waals surface area contributed by atoms with Crippen molar-refractivity contribution in [2.45, 2.75) is 39.7 Å². The number of ether oxygens (including phenoxy) is 1. The Morgan fingerprint density at radius 3 is 2.65 bits per heavy atom. The van der Waals surface area contributed by atoms with Gasteiger partial charge in [0.2, 0.25) is 11.8 Å². The van der Waals surface area contributed by atoms with Crippen LogP contribution in [0.15, 0.2) is 12.2 Å². The highest BCUT2D eigenvalue weighted by Crippen LogP contribution is 2.44. The van der Waals surface area contributed by atoms with Crippen LogP contribution in [0, 0.1) is 23.7 Å². The number of carbonyl (C=O) groups is 3. The Labute approximate surface area is 154 Å². The van der Waals surface area contributed by atoms with Crippen LogP contribution in [0.4, 0.5) is 0 Å². The van der Waals surface area contributed by atoms with Crippen molar-refractivity contribution in [3.63, 3.8) is 0 Å². The first-order valence-corrected chi connectivity index (χ1v) is 9.51. The van der Waals surface area contributed by atoms with Crippen molar-refractivity contribution in [3.05, 3.63) is 12.2 Å². The molecule has 7 nitrogen and oxygen atoms in total. The minimum Gasteiger partial charge on any atom is -0.466 e. The van der Waals surface area contributed by atoms with Crippen molar-refractivity contribution in [2.24, 2.45) is 23.7 Å². The molecule has 0 bridgehead atoms. The number of fused-ring (bicyclic) bond motifs is 1. The van der Waals surface area contributed by atoms with E-state index in [4.69, 9.17) is 4.74 Å². The molecule has 1 fully saturated rings. The summed E-state index contributed by atoms with van der Waals surface area (Å²) < 4.78 is 5.19. The number of aliphatic hydroxyl groups excluding tert-OH is 1. The van der Waals surface area contributed by atoms with Gasteiger partial charge in [0, 0.05) is 19.0 Å². The third-order valence-electron chi connectivity index (χ3n) is 5.27. The molecule has 5 atom stereocenters. The van der Waals surface area contributed by atoms with Crippen LogP contribution in [0.25, 0.3) is 0 Å². The van der Waals surface area contributed by atoms with E-state index in [-0.39, 0.29) is 43.4 Å². The van der Waals surface area contributed by atoms with Crippen molar-refractivity contribution < 1.29 is 24.2 Å². The summed E-state index contributed by atoms with van der Waals surface area (Å²) in [7, 11) is 0. The molecule has 1 heterocycles. The van der Waals surface area contributed by atoms with Crippen molar-refractivity contribution in [1.82, 2.24) is 10.2 Å².